The molecule has 2 rings (SSSR count). The first-order chi connectivity index (χ1) is 12.0. The standard InChI is InChI=1S/C18H20ClNO5/c1-3-24-16(22)18(7-8-21,17(23)25-4-2)10-12-11-20-15-6-5-13(19)9-14(12)15/h5-6,8-9,11,20H,3-4,7,10H2,1-2H3. The minimum atomic E-state index is -1.72. The molecule has 1 aromatic carbocycles. The highest BCUT2D eigenvalue weighted by molar-refractivity contribution is 6.31. The number of rotatable bonds is 8. The van der Waals surface area contributed by atoms with E-state index in [1.54, 1.807) is 38.2 Å². The highest BCUT2D eigenvalue weighted by Crippen LogP contribution is 2.34. The molecule has 0 aliphatic heterocycles. The maximum Gasteiger partial charge on any atom is 0.324 e. The molecule has 2 aromatic rings. The Morgan fingerprint density at radius 3 is 2.40 bits per heavy atom. The molecule has 0 radical (unpaired) electrons. The topological polar surface area (TPSA) is 85.5 Å². The van der Waals surface area contributed by atoms with Crippen molar-refractivity contribution >= 4 is 40.7 Å². The van der Waals surface area contributed by atoms with Crippen LogP contribution in [0, 0.1) is 5.41 Å². The van der Waals surface area contributed by atoms with Crippen LogP contribution in [0.15, 0.2) is 24.4 Å². The largest absolute Gasteiger partial charge is 0.465 e. The van der Waals surface area contributed by atoms with Crippen molar-refractivity contribution in [2.45, 2.75) is 26.7 Å². The number of nitrogens with one attached hydrogen (secondary N) is 1. The number of fused-ring (bicyclic) bond motifs is 1. The summed E-state index contributed by atoms with van der Waals surface area (Å²) in [5.74, 6) is -1.53. The van der Waals surface area contributed by atoms with Gasteiger partial charge in [-0.25, -0.2) is 0 Å². The van der Waals surface area contributed by atoms with E-state index in [2.05, 4.69) is 4.98 Å². The van der Waals surface area contributed by atoms with Gasteiger partial charge in [-0.2, -0.15) is 0 Å². The van der Waals surface area contributed by atoms with E-state index in [1.165, 1.54) is 0 Å². The molecule has 6 nitrogen and oxygen atoms in total. The van der Waals surface area contributed by atoms with E-state index in [-0.39, 0.29) is 26.1 Å². The van der Waals surface area contributed by atoms with Crippen molar-refractivity contribution in [3.63, 3.8) is 0 Å². The van der Waals surface area contributed by atoms with Gasteiger partial charge in [0.1, 0.15) is 6.29 Å². The van der Waals surface area contributed by atoms with Crippen LogP contribution in [0.4, 0.5) is 0 Å². The first-order valence-electron chi connectivity index (χ1n) is 8.02. The zero-order chi connectivity index (χ0) is 18.4. The normalized spacial score (nSPS) is 11.3. The molecule has 0 saturated carbocycles. The van der Waals surface area contributed by atoms with Gasteiger partial charge in [0, 0.05) is 35.0 Å². The van der Waals surface area contributed by atoms with Crippen molar-refractivity contribution in [3.8, 4) is 0 Å². The minimum Gasteiger partial charge on any atom is -0.465 e. The summed E-state index contributed by atoms with van der Waals surface area (Å²) >= 11 is 6.05. The molecule has 0 spiro atoms. The molecule has 0 saturated heterocycles. The van der Waals surface area contributed by atoms with Crippen LogP contribution in [0.2, 0.25) is 5.02 Å². The van der Waals surface area contributed by atoms with Gasteiger partial charge in [0.05, 0.1) is 13.2 Å². The molecular formula is C18H20ClNO5. The average Bonchev–Trinajstić information content (AvgIpc) is 2.96. The van der Waals surface area contributed by atoms with E-state index in [0.717, 1.165) is 10.9 Å². The summed E-state index contributed by atoms with van der Waals surface area (Å²) in [4.78, 5) is 39.5. The molecule has 0 bridgehead atoms. The number of benzene rings is 1. The molecule has 0 atom stereocenters. The van der Waals surface area contributed by atoms with Crippen molar-refractivity contribution in [2.75, 3.05) is 13.2 Å². The Bertz CT molecular complexity index is 765. The molecular weight excluding hydrogens is 346 g/mol. The lowest BCUT2D eigenvalue weighted by Gasteiger charge is -2.27. The molecule has 0 aliphatic carbocycles. The fourth-order valence-corrected chi connectivity index (χ4v) is 2.94. The van der Waals surface area contributed by atoms with Crippen LogP contribution in [0.1, 0.15) is 25.8 Å². The summed E-state index contributed by atoms with van der Waals surface area (Å²) in [6, 6.07) is 5.28. The summed E-state index contributed by atoms with van der Waals surface area (Å²) in [5.41, 5.74) is -0.224. The lowest BCUT2D eigenvalue weighted by atomic mass is 9.78. The van der Waals surface area contributed by atoms with Crippen molar-refractivity contribution < 1.29 is 23.9 Å². The van der Waals surface area contributed by atoms with Gasteiger partial charge in [-0.3, -0.25) is 9.59 Å². The Morgan fingerprint density at radius 2 is 1.84 bits per heavy atom. The van der Waals surface area contributed by atoms with Crippen LogP contribution in [-0.4, -0.2) is 36.4 Å². The summed E-state index contributed by atoms with van der Waals surface area (Å²) in [6.07, 6.45) is 1.89. The zero-order valence-electron chi connectivity index (χ0n) is 14.1. The van der Waals surface area contributed by atoms with Gasteiger partial charge in [0.2, 0.25) is 0 Å². The number of ether oxygens (including phenoxy) is 2. The Morgan fingerprint density at radius 1 is 1.20 bits per heavy atom. The minimum absolute atomic E-state index is 0.0241. The number of carbonyl (C=O) groups is 3. The predicted octanol–water partition coefficient (Wildman–Crippen LogP) is 3.07. The summed E-state index contributed by atoms with van der Waals surface area (Å²) in [6.45, 7) is 3.47. The smallest absolute Gasteiger partial charge is 0.324 e. The highest BCUT2D eigenvalue weighted by atomic mass is 35.5. The molecule has 25 heavy (non-hydrogen) atoms. The van der Waals surface area contributed by atoms with Crippen molar-refractivity contribution in [1.82, 2.24) is 4.98 Å². The molecule has 7 heteroatoms. The molecule has 134 valence electrons. The number of hydrogen-bond donors (Lipinski definition) is 1. The zero-order valence-corrected chi connectivity index (χ0v) is 14.9. The lowest BCUT2D eigenvalue weighted by molar-refractivity contribution is -0.173. The fourth-order valence-electron chi connectivity index (χ4n) is 2.77. The number of H-pyrrole nitrogens is 1. The van der Waals surface area contributed by atoms with Crippen LogP contribution >= 0.6 is 11.6 Å². The van der Waals surface area contributed by atoms with Crippen LogP contribution in [-0.2, 0) is 30.3 Å². The molecule has 1 aromatic heterocycles. The van der Waals surface area contributed by atoms with E-state index in [4.69, 9.17) is 21.1 Å². The lowest BCUT2D eigenvalue weighted by Crippen LogP contribution is -2.44. The molecule has 0 aliphatic rings. The molecule has 0 fully saturated rings. The third-order valence-electron chi connectivity index (χ3n) is 3.99. The van der Waals surface area contributed by atoms with Crippen LogP contribution in [0.25, 0.3) is 10.9 Å². The first kappa shape index (κ1) is 19.0. The monoisotopic (exact) mass is 365 g/mol. The first-order valence-corrected chi connectivity index (χ1v) is 8.40. The number of hydrogen-bond acceptors (Lipinski definition) is 5. The number of carbonyl (C=O) groups excluding carboxylic acids is 3. The van der Waals surface area contributed by atoms with Gasteiger partial charge in [-0.15, -0.1) is 0 Å². The van der Waals surface area contributed by atoms with E-state index in [1.807, 2.05) is 0 Å². The second-order valence-corrected chi connectivity index (χ2v) is 6.01. The average molecular weight is 366 g/mol. The predicted molar refractivity (Wildman–Crippen MR) is 93.4 cm³/mol. The third-order valence-corrected chi connectivity index (χ3v) is 4.22. The molecule has 0 amide bonds. The van der Waals surface area contributed by atoms with Crippen LogP contribution < -0.4 is 0 Å². The summed E-state index contributed by atoms with van der Waals surface area (Å²) in [5, 5.41) is 1.30. The van der Waals surface area contributed by atoms with Gasteiger partial charge in [0.25, 0.3) is 0 Å². The Hall–Kier alpha value is -2.34. The number of halogens is 1. The quantitative estimate of drug-likeness (QED) is 0.441. The molecule has 1 N–H and O–H groups in total. The van der Waals surface area contributed by atoms with Crippen LogP contribution in [0.3, 0.4) is 0 Å². The SMILES string of the molecule is CCOC(=O)C(CC=O)(Cc1c[nH]c2ccc(Cl)cc12)C(=O)OCC. The van der Waals surface area contributed by atoms with E-state index < -0.39 is 17.4 Å². The number of esters is 2. The Balaban J connectivity index is 2.52. The van der Waals surface area contributed by atoms with Gasteiger partial charge >= 0.3 is 11.9 Å². The van der Waals surface area contributed by atoms with E-state index >= 15 is 0 Å². The van der Waals surface area contributed by atoms with Gasteiger partial charge in [-0.1, -0.05) is 11.6 Å². The van der Waals surface area contributed by atoms with Gasteiger partial charge in [-0.05, 0) is 37.6 Å². The summed E-state index contributed by atoms with van der Waals surface area (Å²) < 4.78 is 10.2. The summed E-state index contributed by atoms with van der Waals surface area (Å²) in [7, 11) is 0. The Kier molecular flexibility index (Phi) is 6.20. The second-order valence-electron chi connectivity index (χ2n) is 5.57. The maximum atomic E-state index is 12.6. The van der Waals surface area contributed by atoms with Crippen LogP contribution in [0.5, 0.6) is 0 Å². The van der Waals surface area contributed by atoms with E-state index in [9.17, 15) is 14.4 Å². The van der Waals surface area contributed by atoms with Gasteiger partial charge < -0.3 is 19.3 Å². The number of aromatic amines is 1. The number of aromatic nitrogens is 1. The van der Waals surface area contributed by atoms with Crippen molar-refractivity contribution in [3.05, 3.63) is 35.0 Å². The number of aldehydes is 1. The van der Waals surface area contributed by atoms with Crippen molar-refractivity contribution in [1.29, 1.82) is 0 Å². The second kappa shape index (κ2) is 8.16. The molecule has 0 unspecified atom stereocenters. The highest BCUT2D eigenvalue weighted by Gasteiger charge is 2.49. The van der Waals surface area contributed by atoms with E-state index in [0.29, 0.717) is 16.9 Å². The van der Waals surface area contributed by atoms with Gasteiger partial charge in [0.15, 0.2) is 5.41 Å². The van der Waals surface area contributed by atoms with Crippen molar-refractivity contribution in [2.24, 2.45) is 5.41 Å². The third kappa shape index (κ3) is 3.85. The maximum absolute atomic E-state index is 12.6. The molecule has 1 heterocycles. The fraction of sp³-hybridized carbons (Fsp3) is 0.389. The Labute approximate surface area is 150 Å².